The van der Waals surface area contributed by atoms with E-state index >= 15 is 0 Å². The summed E-state index contributed by atoms with van der Waals surface area (Å²) < 4.78 is 0. The Morgan fingerprint density at radius 3 is 1.73 bits per heavy atom. The zero-order valence-electron chi connectivity index (χ0n) is 22.9. The highest BCUT2D eigenvalue weighted by atomic mass is 16.4. The van der Waals surface area contributed by atoms with Crippen LogP contribution in [0.3, 0.4) is 0 Å². The van der Waals surface area contributed by atoms with Crippen molar-refractivity contribution < 1.29 is 29.4 Å². The van der Waals surface area contributed by atoms with Gasteiger partial charge in [-0.2, -0.15) is 0 Å². The SMILES string of the molecule is CC(O)C(N)C(=O)NC(CCCN=C(N)N)C(=O)NC(Cc1ccccc1)C(=O)NC(Cc1ccccc1)C(=O)O. The molecule has 0 aliphatic rings. The molecule has 5 atom stereocenters. The van der Waals surface area contributed by atoms with Crippen LogP contribution in [0.2, 0.25) is 0 Å². The summed E-state index contributed by atoms with van der Waals surface area (Å²) in [5.41, 5.74) is 17.9. The van der Waals surface area contributed by atoms with E-state index in [1.54, 1.807) is 60.7 Å². The molecule has 5 unspecified atom stereocenters. The van der Waals surface area contributed by atoms with Gasteiger partial charge in [-0.1, -0.05) is 60.7 Å². The number of amides is 3. The van der Waals surface area contributed by atoms with Gasteiger partial charge in [0.05, 0.1) is 6.10 Å². The van der Waals surface area contributed by atoms with E-state index in [2.05, 4.69) is 20.9 Å². The molecule has 0 spiro atoms. The van der Waals surface area contributed by atoms with Gasteiger partial charge in [0, 0.05) is 19.4 Å². The number of nitrogens with two attached hydrogens (primary N) is 3. The summed E-state index contributed by atoms with van der Waals surface area (Å²) >= 11 is 0. The zero-order chi connectivity index (χ0) is 30.4. The summed E-state index contributed by atoms with van der Waals surface area (Å²) in [6.45, 7) is 1.52. The van der Waals surface area contributed by atoms with Gasteiger partial charge in [-0.3, -0.25) is 19.4 Å². The minimum Gasteiger partial charge on any atom is -0.480 e. The number of nitrogens with zero attached hydrogens (tertiary/aromatic N) is 1. The first-order chi connectivity index (χ1) is 19.5. The second-order valence-electron chi connectivity index (χ2n) is 9.62. The number of benzene rings is 2. The zero-order valence-corrected chi connectivity index (χ0v) is 22.9. The molecule has 0 saturated carbocycles. The highest BCUT2D eigenvalue weighted by Crippen LogP contribution is 2.09. The number of guanidine groups is 1. The molecular formula is C28H39N7O6. The van der Waals surface area contributed by atoms with Crippen molar-refractivity contribution in [2.45, 2.75) is 62.9 Å². The van der Waals surface area contributed by atoms with Crippen molar-refractivity contribution in [2.24, 2.45) is 22.2 Å². The van der Waals surface area contributed by atoms with E-state index in [0.29, 0.717) is 17.5 Å². The molecule has 3 amide bonds. The summed E-state index contributed by atoms with van der Waals surface area (Å²) in [6, 6.07) is 12.8. The van der Waals surface area contributed by atoms with Crippen LogP contribution in [0.25, 0.3) is 0 Å². The summed E-state index contributed by atoms with van der Waals surface area (Å²) in [5, 5.41) is 27.2. The fraction of sp³-hybridized carbons (Fsp3) is 0.393. The fourth-order valence-corrected chi connectivity index (χ4v) is 3.91. The van der Waals surface area contributed by atoms with Crippen LogP contribution in [0, 0.1) is 0 Å². The van der Waals surface area contributed by atoms with Gasteiger partial charge >= 0.3 is 5.97 Å². The van der Waals surface area contributed by atoms with Gasteiger partial charge < -0.3 is 43.4 Å². The first kappa shape index (κ1) is 32.7. The van der Waals surface area contributed by atoms with Crippen LogP contribution < -0.4 is 33.2 Å². The summed E-state index contributed by atoms with van der Waals surface area (Å²) in [6.07, 6.45) is -0.693. The van der Waals surface area contributed by atoms with E-state index < -0.39 is 54.0 Å². The summed E-state index contributed by atoms with van der Waals surface area (Å²) in [5.74, 6) is -3.54. The van der Waals surface area contributed by atoms with Crippen molar-refractivity contribution in [3.05, 3.63) is 71.8 Å². The predicted octanol–water partition coefficient (Wildman–Crippen LogP) is -1.23. The molecule has 2 aromatic carbocycles. The Kier molecular flexibility index (Phi) is 13.2. The number of rotatable bonds is 16. The van der Waals surface area contributed by atoms with Crippen LogP contribution in [0.5, 0.6) is 0 Å². The smallest absolute Gasteiger partial charge is 0.326 e. The number of aliphatic hydroxyl groups excluding tert-OH is 1. The lowest BCUT2D eigenvalue weighted by Crippen LogP contribution is -2.58. The van der Waals surface area contributed by atoms with E-state index in [1.165, 1.54) is 6.92 Å². The average Bonchev–Trinajstić information content (AvgIpc) is 2.94. The molecule has 0 bridgehead atoms. The second-order valence-corrected chi connectivity index (χ2v) is 9.62. The van der Waals surface area contributed by atoms with Crippen molar-refractivity contribution >= 4 is 29.7 Å². The maximum Gasteiger partial charge on any atom is 0.326 e. The molecule has 2 rings (SSSR count). The van der Waals surface area contributed by atoms with Gasteiger partial charge in [0.1, 0.15) is 24.2 Å². The maximum atomic E-state index is 13.4. The van der Waals surface area contributed by atoms with Crippen LogP contribution in [0.1, 0.15) is 30.9 Å². The van der Waals surface area contributed by atoms with Gasteiger partial charge in [-0.25, -0.2) is 4.79 Å². The molecule has 41 heavy (non-hydrogen) atoms. The standard InChI is InChI=1S/C28H39N7O6/c1-17(36)23(29)26(39)33-20(13-8-14-32-28(30)31)24(37)34-21(15-18-9-4-2-5-10-18)25(38)35-22(27(40)41)16-19-11-6-3-7-12-19/h2-7,9-12,17,20-23,36H,8,13-16,29H2,1H3,(H,33,39)(H,34,37)(H,35,38)(H,40,41)(H4,30,31,32). The normalized spacial score (nSPS) is 14.4. The molecule has 2 aromatic rings. The van der Waals surface area contributed by atoms with E-state index in [0.717, 1.165) is 0 Å². The summed E-state index contributed by atoms with van der Waals surface area (Å²) in [7, 11) is 0. The number of aliphatic carboxylic acids is 1. The van der Waals surface area contributed by atoms with Gasteiger partial charge in [0.15, 0.2) is 5.96 Å². The lowest BCUT2D eigenvalue weighted by molar-refractivity contribution is -0.142. The van der Waals surface area contributed by atoms with Gasteiger partial charge in [0.2, 0.25) is 17.7 Å². The molecule has 0 heterocycles. The third-order valence-electron chi connectivity index (χ3n) is 6.21. The number of carboxylic acids is 1. The number of nitrogens with one attached hydrogen (secondary N) is 3. The average molecular weight is 570 g/mol. The van der Waals surface area contributed by atoms with Crippen LogP contribution in [-0.2, 0) is 32.0 Å². The Morgan fingerprint density at radius 1 is 0.780 bits per heavy atom. The minimum absolute atomic E-state index is 0.0363. The molecule has 0 radical (unpaired) electrons. The highest BCUT2D eigenvalue weighted by Gasteiger charge is 2.31. The Labute approximate surface area is 238 Å². The third-order valence-corrected chi connectivity index (χ3v) is 6.21. The predicted molar refractivity (Wildman–Crippen MR) is 153 cm³/mol. The Morgan fingerprint density at radius 2 is 1.24 bits per heavy atom. The van der Waals surface area contributed by atoms with Crippen molar-refractivity contribution in [3.63, 3.8) is 0 Å². The number of hydrogen-bond acceptors (Lipinski definition) is 7. The van der Waals surface area contributed by atoms with Gasteiger partial charge in [-0.05, 0) is 30.9 Å². The van der Waals surface area contributed by atoms with Crippen molar-refractivity contribution in [2.75, 3.05) is 6.54 Å². The van der Waals surface area contributed by atoms with Crippen LogP contribution >= 0.6 is 0 Å². The molecule has 13 nitrogen and oxygen atoms in total. The quantitative estimate of drug-likeness (QED) is 0.0685. The van der Waals surface area contributed by atoms with E-state index in [4.69, 9.17) is 17.2 Å². The second kappa shape index (κ2) is 16.6. The Balaban J connectivity index is 2.26. The number of carbonyl (C=O) groups excluding carboxylic acids is 3. The maximum absolute atomic E-state index is 13.4. The van der Waals surface area contributed by atoms with Crippen molar-refractivity contribution in [1.29, 1.82) is 0 Å². The Hall–Kier alpha value is -4.49. The van der Waals surface area contributed by atoms with Crippen molar-refractivity contribution in [3.8, 4) is 0 Å². The number of hydrogen-bond donors (Lipinski definition) is 8. The first-order valence-corrected chi connectivity index (χ1v) is 13.2. The topological polar surface area (TPSA) is 235 Å². The summed E-state index contributed by atoms with van der Waals surface area (Å²) in [4.78, 5) is 55.2. The number of aliphatic hydroxyl groups is 1. The number of aliphatic imine (C=N–C) groups is 1. The third kappa shape index (κ3) is 11.6. The monoisotopic (exact) mass is 569 g/mol. The number of carboxylic acid groups (broad SMARTS) is 1. The first-order valence-electron chi connectivity index (χ1n) is 13.2. The Bertz CT molecular complexity index is 1170. The molecule has 13 heteroatoms. The molecule has 0 aliphatic heterocycles. The van der Waals surface area contributed by atoms with Gasteiger partial charge in [-0.15, -0.1) is 0 Å². The molecule has 0 saturated heterocycles. The fourth-order valence-electron chi connectivity index (χ4n) is 3.91. The van der Waals surface area contributed by atoms with Crippen LogP contribution in [-0.4, -0.2) is 76.7 Å². The largest absolute Gasteiger partial charge is 0.480 e. The lowest BCUT2D eigenvalue weighted by atomic mass is 10.0. The molecule has 222 valence electrons. The molecule has 0 fully saturated rings. The molecule has 0 aromatic heterocycles. The molecule has 0 aliphatic carbocycles. The number of carbonyl (C=O) groups is 4. The lowest BCUT2D eigenvalue weighted by Gasteiger charge is -2.26. The highest BCUT2D eigenvalue weighted by molar-refractivity contribution is 5.94. The van der Waals surface area contributed by atoms with E-state index in [-0.39, 0.29) is 31.8 Å². The van der Waals surface area contributed by atoms with Crippen molar-refractivity contribution in [1.82, 2.24) is 16.0 Å². The van der Waals surface area contributed by atoms with E-state index in [9.17, 15) is 29.4 Å². The molecule has 11 N–H and O–H groups in total. The molecular weight excluding hydrogens is 530 g/mol. The van der Waals surface area contributed by atoms with Crippen LogP contribution in [0.15, 0.2) is 65.7 Å². The van der Waals surface area contributed by atoms with Crippen LogP contribution in [0.4, 0.5) is 0 Å². The van der Waals surface area contributed by atoms with Gasteiger partial charge in [0.25, 0.3) is 0 Å². The minimum atomic E-state index is -1.29. The van der Waals surface area contributed by atoms with E-state index in [1.807, 2.05) is 0 Å².